The third-order valence-electron chi connectivity index (χ3n) is 4.03. The Bertz CT molecular complexity index is 800. The Labute approximate surface area is 148 Å². The fourth-order valence-electron chi connectivity index (χ4n) is 2.74. The summed E-state index contributed by atoms with van der Waals surface area (Å²) in [5.74, 6) is 0.128. The molecule has 1 amide bonds. The van der Waals surface area contributed by atoms with Gasteiger partial charge in [0.2, 0.25) is 5.91 Å². The molecular formula is C18H17F2NO3S. The zero-order valence-corrected chi connectivity index (χ0v) is 14.6. The highest BCUT2D eigenvalue weighted by molar-refractivity contribution is 8.00. The molecule has 0 saturated carbocycles. The molecule has 1 aliphatic heterocycles. The fraction of sp³-hybridized carbons (Fsp3) is 0.278. The van der Waals surface area contributed by atoms with Gasteiger partial charge < -0.3 is 14.4 Å². The molecule has 0 radical (unpaired) electrons. The average Bonchev–Trinajstić information content (AvgIpc) is 2.97. The van der Waals surface area contributed by atoms with Gasteiger partial charge in [-0.05, 0) is 18.2 Å². The lowest BCUT2D eigenvalue weighted by Gasteiger charge is -2.26. The van der Waals surface area contributed by atoms with Crippen molar-refractivity contribution in [1.82, 2.24) is 4.90 Å². The summed E-state index contributed by atoms with van der Waals surface area (Å²) in [6.45, 7) is 0.0673. The molecule has 2 aromatic rings. The van der Waals surface area contributed by atoms with Gasteiger partial charge in [-0.2, -0.15) is 0 Å². The van der Waals surface area contributed by atoms with Crippen LogP contribution in [-0.2, 0) is 11.3 Å². The topological polar surface area (TPSA) is 38.8 Å². The van der Waals surface area contributed by atoms with E-state index in [1.165, 1.54) is 23.9 Å². The number of hydrogen-bond acceptors (Lipinski definition) is 4. The van der Waals surface area contributed by atoms with E-state index in [1.807, 2.05) is 6.07 Å². The molecule has 1 unspecified atom stereocenters. The first-order valence-electron chi connectivity index (χ1n) is 7.60. The van der Waals surface area contributed by atoms with Gasteiger partial charge in [0, 0.05) is 23.3 Å². The van der Waals surface area contributed by atoms with Crippen molar-refractivity contribution in [1.29, 1.82) is 0 Å². The number of thioether (sulfide) groups is 1. The molecule has 25 heavy (non-hydrogen) atoms. The molecule has 2 aromatic carbocycles. The van der Waals surface area contributed by atoms with E-state index in [0.29, 0.717) is 17.3 Å². The van der Waals surface area contributed by atoms with Crippen molar-refractivity contribution in [3.05, 3.63) is 59.2 Å². The van der Waals surface area contributed by atoms with Crippen molar-refractivity contribution in [3.63, 3.8) is 0 Å². The minimum Gasteiger partial charge on any atom is -0.497 e. The first kappa shape index (κ1) is 17.5. The predicted molar refractivity (Wildman–Crippen MR) is 91.7 cm³/mol. The Hall–Kier alpha value is -2.28. The van der Waals surface area contributed by atoms with Crippen LogP contribution in [-0.4, -0.2) is 30.8 Å². The highest BCUT2D eigenvalue weighted by Gasteiger charge is 2.35. The maximum atomic E-state index is 14.0. The molecule has 1 fully saturated rings. The number of nitrogens with zero attached hydrogens (tertiary/aromatic N) is 1. The lowest BCUT2D eigenvalue weighted by Crippen LogP contribution is -2.28. The quantitative estimate of drug-likeness (QED) is 0.809. The molecule has 7 heteroatoms. The van der Waals surface area contributed by atoms with Crippen molar-refractivity contribution < 1.29 is 23.0 Å². The Morgan fingerprint density at radius 1 is 1.16 bits per heavy atom. The van der Waals surface area contributed by atoms with E-state index in [-0.39, 0.29) is 23.4 Å². The fourth-order valence-corrected chi connectivity index (χ4v) is 3.95. The number of carbonyl (C=O) groups is 1. The van der Waals surface area contributed by atoms with Crippen molar-refractivity contribution in [2.45, 2.75) is 11.9 Å². The minimum atomic E-state index is -0.662. The van der Waals surface area contributed by atoms with E-state index in [9.17, 15) is 13.6 Å². The van der Waals surface area contributed by atoms with Gasteiger partial charge in [0.25, 0.3) is 0 Å². The van der Waals surface area contributed by atoms with Gasteiger partial charge in [-0.1, -0.05) is 6.07 Å². The number of methoxy groups -OCH3 is 2. The molecule has 0 spiro atoms. The normalized spacial score (nSPS) is 17.0. The molecule has 0 aromatic heterocycles. The number of benzene rings is 2. The van der Waals surface area contributed by atoms with Crippen LogP contribution in [0, 0.1) is 11.6 Å². The number of amides is 1. The molecule has 3 rings (SSSR count). The van der Waals surface area contributed by atoms with Crippen molar-refractivity contribution in [2.24, 2.45) is 0 Å². The molecule has 1 atom stereocenters. The van der Waals surface area contributed by atoms with Gasteiger partial charge in [0.05, 0.1) is 26.5 Å². The molecule has 1 aliphatic rings. The molecule has 0 bridgehead atoms. The lowest BCUT2D eigenvalue weighted by molar-refractivity contribution is -0.128. The third-order valence-corrected chi connectivity index (χ3v) is 5.27. The summed E-state index contributed by atoms with van der Waals surface area (Å²) in [5.41, 5.74) is 1.08. The smallest absolute Gasteiger partial charge is 0.234 e. The van der Waals surface area contributed by atoms with Crippen LogP contribution in [0.1, 0.15) is 16.5 Å². The van der Waals surface area contributed by atoms with Crippen LogP contribution in [0.4, 0.5) is 8.78 Å². The Balaban J connectivity index is 1.92. The summed E-state index contributed by atoms with van der Waals surface area (Å²) in [6, 6.07) is 8.75. The van der Waals surface area contributed by atoms with Crippen molar-refractivity contribution in [2.75, 3.05) is 20.0 Å². The summed E-state index contributed by atoms with van der Waals surface area (Å²) in [7, 11) is 3.11. The largest absolute Gasteiger partial charge is 0.497 e. The Morgan fingerprint density at radius 2 is 1.96 bits per heavy atom. The SMILES string of the molecule is COc1ccc(C2SCC(=O)N2Cc2ccc(F)cc2F)c(OC)c1. The highest BCUT2D eigenvalue weighted by atomic mass is 32.2. The zero-order valence-electron chi connectivity index (χ0n) is 13.8. The first-order valence-corrected chi connectivity index (χ1v) is 8.65. The van der Waals surface area contributed by atoms with E-state index in [2.05, 4.69) is 0 Å². The Morgan fingerprint density at radius 3 is 2.64 bits per heavy atom. The molecule has 132 valence electrons. The van der Waals surface area contributed by atoms with Crippen LogP contribution in [0.5, 0.6) is 11.5 Å². The number of ether oxygens (including phenoxy) is 2. The van der Waals surface area contributed by atoms with Gasteiger partial charge in [-0.3, -0.25) is 4.79 Å². The van der Waals surface area contributed by atoms with Gasteiger partial charge in [0.15, 0.2) is 0 Å². The van der Waals surface area contributed by atoms with E-state index in [1.54, 1.807) is 31.3 Å². The summed E-state index contributed by atoms with van der Waals surface area (Å²) >= 11 is 1.44. The van der Waals surface area contributed by atoms with Gasteiger partial charge in [0.1, 0.15) is 28.5 Å². The molecular weight excluding hydrogens is 348 g/mol. The average molecular weight is 365 g/mol. The van der Waals surface area contributed by atoms with Crippen molar-refractivity contribution in [3.8, 4) is 11.5 Å². The second-order valence-corrected chi connectivity index (χ2v) is 6.60. The zero-order chi connectivity index (χ0) is 18.0. The summed E-state index contributed by atoms with van der Waals surface area (Å²) in [6.07, 6.45) is 0. The summed E-state index contributed by atoms with van der Waals surface area (Å²) in [4.78, 5) is 13.9. The van der Waals surface area contributed by atoms with Gasteiger partial charge in [-0.15, -0.1) is 11.8 Å². The second kappa shape index (κ2) is 7.31. The Kier molecular flexibility index (Phi) is 5.13. The van der Waals surface area contributed by atoms with E-state index in [4.69, 9.17) is 9.47 Å². The first-order chi connectivity index (χ1) is 12.0. The number of rotatable bonds is 5. The monoisotopic (exact) mass is 365 g/mol. The maximum Gasteiger partial charge on any atom is 0.234 e. The molecule has 0 aliphatic carbocycles. The minimum absolute atomic E-state index is 0.0673. The van der Waals surface area contributed by atoms with Gasteiger partial charge in [-0.25, -0.2) is 8.78 Å². The van der Waals surface area contributed by atoms with Crippen LogP contribution in [0.25, 0.3) is 0 Å². The number of carbonyl (C=O) groups excluding carboxylic acids is 1. The molecule has 1 saturated heterocycles. The highest BCUT2D eigenvalue weighted by Crippen LogP contribution is 2.44. The summed E-state index contributed by atoms with van der Waals surface area (Å²) in [5, 5.41) is -0.308. The predicted octanol–water partition coefficient (Wildman–Crippen LogP) is 3.76. The van der Waals surface area contributed by atoms with E-state index < -0.39 is 11.6 Å². The van der Waals surface area contributed by atoms with E-state index >= 15 is 0 Å². The lowest BCUT2D eigenvalue weighted by atomic mass is 10.1. The van der Waals surface area contributed by atoms with Crippen LogP contribution in [0.2, 0.25) is 0 Å². The number of hydrogen-bond donors (Lipinski definition) is 0. The van der Waals surface area contributed by atoms with Crippen LogP contribution in [0.3, 0.4) is 0 Å². The van der Waals surface area contributed by atoms with E-state index in [0.717, 1.165) is 11.6 Å². The van der Waals surface area contributed by atoms with Crippen molar-refractivity contribution >= 4 is 17.7 Å². The molecule has 4 nitrogen and oxygen atoms in total. The maximum absolute atomic E-state index is 14.0. The van der Waals surface area contributed by atoms with Gasteiger partial charge >= 0.3 is 0 Å². The molecule has 0 N–H and O–H groups in total. The molecule has 1 heterocycles. The van der Waals surface area contributed by atoms with Crippen LogP contribution in [0.15, 0.2) is 36.4 Å². The second-order valence-electron chi connectivity index (χ2n) is 5.53. The summed E-state index contributed by atoms with van der Waals surface area (Å²) < 4.78 is 37.7. The number of halogens is 2. The van der Waals surface area contributed by atoms with Crippen LogP contribution < -0.4 is 9.47 Å². The van der Waals surface area contributed by atoms with Crippen LogP contribution >= 0.6 is 11.8 Å². The standard InChI is InChI=1S/C18H17F2NO3S/c1-23-13-5-6-14(16(8-13)24-2)18-21(17(22)10-25-18)9-11-3-4-12(19)7-15(11)20/h3-8,18H,9-10H2,1-2H3. The third kappa shape index (κ3) is 3.56.